The lowest BCUT2D eigenvalue weighted by atomic mass is 9.89. The van der Waals surface area contributed by atoms with Crippen LogP contribution in [0.3, 0.4) is 0 Å². The molecule has 1 heterocycles. The first kappa shape index (κ1) is 13.3. The molecule has 0 unspecified atom stereocenters. The van der Waals surface area contributed by atoms with E-state index in [9.17, 15) is 0 Å². The summed E-state index contributed by atoms with van der Waals surface area (Å²) in [6, 6.07) is 0.758. The van der Waals surface area contributed by atoms with Crippen molar-refractivity contribution in [2.45, 2.75) is 64.2 Å². The molecule has 1 aliphatic carbocycles. The van der Waals surface area contributed by atoms with Gasteiger partial charge in [0.25, 0.3) is 0 Å². The topological polar surface area (TPSA) is 21.7 Å². The Balaban J connectivity index is 1.83. The van der Waals surface area contributed by atoms with Crippen molar-refractivity contribution in [1.82, 2.24) is 4.90 Å². The highest BCUT2D eigenvalue weighted by Crippen LogP contribution is 2.37. The molecule has 1 saturated heterocycles. The van der Waals surface area contributed by atoms with Gasteiger partial charge in [-0.3, -0.25) is 0 Å². The Morgan fingerprint density at radius 3 is 2.00 bits per heavy atom. The molecule has 0 atom stereocenters. The second-order valence-electron chi connectivity index (χ2n) is 5.37. The molecule has 3 nitrogen and oxygen atoms in total. The first-order valence-corrected chi connectivity index (χ1v) is 7.31. The fraction of sp³-hybridized carbons (Fsp3) is 1.00. The van der Waals surface area contributed by atoms with E-state index < -0.39 is 0 Å². The van der Waals surface area contributed by atoms with E-state index >= 15 is 0 Å². The second kappa shape index (κ2) is 6.17. The van der Waals surface area contributed by atoms with Crippen molar-refractivity contribution in [2.24, 2.45) is 0 Å². The molecule has 0 N–H and O–H groups in total. The van der Waals surface area contributed by atoms with Crippen LogP contribution in [0.4, 0.5) is 0 Å². The van der Waals surface area contributed by atoms with Crippen LogP contribution in [0.25, 0.3) is 0 Å². The summed E-state index contributed by atoms with van der Waals surface area (Å²) in [4.78, 5) is 2.67. The maximum absolute atomic E-state index is 5.79. The lowest BCUT2D eigenvalue weighted by molar-refractivity contribution is -0.184. The summed E-state index contributed by atoms with van der Waals surface area (Å²) in [5, 5.41) is 0. The third-order valence-corrected chi connectivity index (χ3v) is 4.07. The maximum atomic E-state index is 5.79. The summed E-state index contributed by atoms with van der Waals surface area (Å²) >= 11 is 0. The first-order valence-electron chi connectivity index (χ1n) is 7.31. The predicted molar refractivity (Wildman–Crippen MR) is 69.0 cm³/mol. The van der Waals surface area contributed by atoms with Crippen LogP contribution < -0.4 is 0 Å². The summed E-state index contributed by atoms with van der Waals surface area (Å²) in [5.74, 6) is -0.194. The fourth-order valence-corrected chi connectivity index (χ4v) is 3.24. The standard InChI is InChI=1S/C14H27NO2/c1-3-9-15(10-4-2)13-5-7-14(8-6-13)16-11-12-17-14/h13H,3-12H2,1-2H3. The highest BCUT2D eigenvalue weighted by Gasteiger charge is 2.41. The van der Waals surface area contributed by atoms with Gasteiger partial charge in [-0.25, -0.2) is 0 Å². The molecule has 1 aliphatic heterocycles. The van der Waals surface area contributed by atoms with Crippen LogP contribution in [0.1, 0.15) is 52.4 Å². The van der Waals surface area contributed by atoms with Gasteiger partial charge < -0.3 is 14.4 Å². The number of ether oxygens (including phenoxy) is 2. The Morgan fingerprint density at radius 2 is 1.53 bits per heavy atom. The van der Waals surface area contributed by atoms with Gasteiger partial charge in [0.2, 0.25) is 0 Å². The molecule has 17 heavy (non-hydrogen) atoms. The van der Waals surface area contributed by atoms with E-state index in [1.807, 2.05) is 0 Å². The lowest BCUT2D eigenvalue weighted by Gasteiger charge is -2.40. The van der Waals surface area contributed by atoms with Gasteiger partial charge >= 0.3 is 0 Å². The van der Waals surface area contributed by atoms with Gasteiger partial charge in [-0.2, -0.15) is 0 Å². The monoisotopic (exact) mass is 241 g/mol. The lowest BCUT2D eigenvalue weighted by Crippen LogP contribution is -2.44. The van der Waals surface area contributed by atoms with Crippen molar-refractivity contribution in [2.75, 3.05) is 26.3 Å². The van der Waals surface area contributed by atoms with Crippen molar-refractivity contribution in [3.63, 3.8) is 0 Å². The minimum atomic E-state index is -0.194. The molecule has 2 fully saturated rings. The Hall–Kier alpha value is -0.120. The van der Waals surface area contributed by atoms with Crippen LogP contribution in [-0.2, 0) is 9.47 Å². The fourth-order valence-electron chi connectivity index (χ4n) is 3.24. The summed E-state index contributed by atoms with van der Waals surface area (Å²) in [5.41, 5.74) is 0. The van der Waals surface area contributed by atoms with Gasteiger partial charge in [0.1, 0.15) is 0 Å². The van der Waals surface area contributed by atoms with Gasteiger partial charge in [-0.15, -0.1) is 0 Å². The largest absolute Gasteiger partial charge is 0.348 e. The van der Waals surface area contributed by atoms with Crippen molar-refractivity contribution < 1.29 is 9.47 Å². The van der Waals surface area contributed by atoms with E-state index in [1.54, 1.807) is 0 Å². The molecule has 0 amide bonds. The van der Waals surface area contributed by atoms with Crippen LogP contribution >= 0.6 is 0 Å². The van der Waals surface area contributed by atoms with Crippen LogP contribution in [0.5, 0.6) is 0 Å². The Kier molecular flexibility index (Phi) is 4.83. The molecule has 0 bridgehead atoms. The summed E-state index contributed by atoms with van der Waals surface area (Å²) in [6.45, 7) is 8.61. The van der Waals surface area contributed by atoms with Crippen LogP contribution in [-0.4, -0.2) is 43.0 Å². The van der Waals surface area contributed by atoms with Gasteiger partial charge in [0, 0.05) is 18.9 Å². The molecule has 0 radical (unpaired) electrons. The van der Waals surface area contributed by atoms with E-state index in [2.05, 4.69) is 18.7 Å². The molecule has 3 heteroatoms. The molecule has 0 aromatic rings. The van der Waals surface area contributed by atoms with E-state index in [0.717, 1.165) is 32.1 Å². The van der Waals surface area contributed by atoms with E-state index in [1.165, 1.54) is 38.8 Å². The minimum absolute atomic E-state index is 0.194. The zero-order chi connectivity index (χ0) is 12.1. The molecule has 2 aliphatic rings. The third-order valence-electron chi connectivity index (χ3n) is 4.07. The smallest absolute Gasteiger partial charge is 0.168 e. The Labute approximate surface area is 105 Å². The van der Waals surface area contributed by atoms with Gasteiger partial charge in [-0.05, 0) is 38.8 Å². The normalized spacial score (nSPS) is 24.9. The molecule has 0 aromatic carbocycles. The zero-order valence-electron chi connectivity index (χ0n) is 11.4. The number of hydrogen-bond donors (Lipinski definition) is 0. The molecule has 0 aromatic heterocycles. The highest BCUT2D eigenvalue weighted by molar-refractivity contribution is 4.86. The summed E-state index contributed by atoms with van der Waals surface area (Å²) in [6.07, 6.45) is 7.16. The average Bonchev–Trinajstić information content (AvgIpc) is 2.79. The third kappa shape index (κ3) is 3.21. The number of nitrogens with zero attached hydrogens (tertiary/aromatic N) is 1. The van der Waals surface area contributed by atoms with Crippen LogP contribution in [0.2, 0.25) is 0 Å². The SMILES string of the molecule is CCCN(CCC)C1CCC2(CC1)OCCO2. The Morgan fingerprint density at radius 1 is 1.00 bits per heavy atom. The van der Waals surface area contributed by atoms with Crippen molar-refractivity contribution >= 4 is 0 Å². The van der Waals surface area contributed by atoms with E-state index in [4.69, 9.17) is 9.47 Å². The second-order valence-corrected chi connectivity index (χ2v) is 5.37. The average molecular weight is 241 g/mol. The minimum Gasteiger partial charge on any atom is -0.348 e. The molecule has 1 saturated carbocycles. The molecule has 100 valence electrons. The molecule has 1 spiro atoms. The molecule has 2 rings (SSSR count). The van der Waals surface area contributed by atoms with Gasteiger partial charge in [0.05, 0.1) is 13.2 Å². The number of hydrogen-bond acceptors (Lipinski definition) is 3. The highest BCUT2D eigenvalue weighted by atomic mass is 16.7. The van der Waals surface area contributed by atoms with Gasteiger partial charge in [0.15, 0.2) is 5.79 Å². The van der Waals surface area contributed by atoms with Crippen molar-refractivity contribution in [1.29, 1.82) is 0 Å². The Bertz CT molecular complexity index is 210. The molecular weight excluding hydrogens is 214 g/mol. The van der Waals surface area contributed by atoms with E-state index in [-0.39, 0.29) is 5.79 Å². The molecular formula is C14H27NO2. The zero-order valence-corrected chi connectivity index (χ0v) is 11.4. The maximum Gasteiger partial charge on any atom is 0.168 e. The van der Waals surface area contributed by atoms with Crippen LogP contribution in [0.15, 0.2) is 0 Å². The number of rotatable bonds is 5. The summed E-state index contributed by atoms with van der Waals surface area (Å²) in [7, 11) is 0. The predicted octanol–water partition coefficient (Wildman–Crippen LogP) is 2.79. The van der Waals surface area contributed by atoms with Crippen molar-refractivity contribution in [3.8, 4) is 0 Å². The van der Waals surface area contributed by atoms with Crippen molar-refractivity contribution in [3.05, 3.63) is 0 Å². The summed E-state index contributed by atoms with van der Waals surface area (Å²) < 4.78 is 11.6. The van der Waals surface area contributed by atoms with E-state index in [0.29, 0.717) is 0 Å². The quantitative estimate of drug-likeness (QED) is 0.739. The van der Waals surface area contributed by atoms with Gasteiger partial charge in [-0.1, -0.05) is 13.8 Å². The first-order chi connectivity index (χ1) is 8.29. The van der Waals surface area contributed by atoms with Crippen LogP contribution in [0, 0.1) is 0 Å².